The Hall–Kier alpha value is -2.14. The number of para-hydroxylation sites is 1. The van der Waals surface area contributed by atoms with Gasteiger partial charge in [-0.25, -0.2) is 5.84 Å². The third-order valence-corrected chi connectivity index (χ3v) is 2.97. The van der Waals surface area contributed by atoms with Gasteiger partial charge in [-0.05, 0) is 11.5 Å². The lowest BCUT2D eigenvalue weighted by atomic mass is 9.98. The quantitative estimate of drug-likeness (QED) is 0.424. The Morgan fingerprint density at radius 1 is 1.39 bits per heavy atom. The van der Waals surface area contributed by atoms with Crippen molar-refractivity contribution in [1.29, 1.82) is 0 Å². The second-order valence-corrected chi connectivity index (χ2v) is 4.46. The van der Waals surface area contributed by atoms with Crippen molar-refractivity contribution in [2.24, 2.45) is 5.84 Å². The van der Waals surface area contributed by atoms with Gasteiger partial charge in [0.25, 0.3) is 5.91 Å². The van der Waals surface area contributed by atoms with E-state index < -0.39 is 5.91 Å². The molecule has 5 nitrogen and oxygen atoms in total. The highest BCUT2D eigenvalue weighted by Crippen LogP contribution is 2.28. The molecule has 5 N–H and O–H groups in total. The SMILES string of the molecule is CC(C)c1cccc2c(N)c(C(=O)NN)cnc12. The number of pyridine rings is 1. The fraction of sp³-hybridized carbons (Fsp3) is 0.231. The smallest absolute Gasteiger partial charge is 0.268 e. The van der Waals surface area contributed by atoms with Crippen LogP contribution in [-0.4, -0.2) is 10.9 Å². The van der Waals surface area contributed by atoms with Crippen molar-refractivity contribution in [1.82, 2.24) is 10.4 Å². The topological polar surface area (TPSA) is 94.0 Å². The molecular formula is C13H16N4O. The lowest BCUT2D eigenvalue weighted by Crippen LogP contribution is -2.30. The van der Waals surface area contributed by atoms with Crippen molar-refractivity contribution in [2.45, 2.75) is 19.8 Å². The van der Waals surface area contributed by atoms with Crippen LogP contribution < -0.4 is 17.0 Å². The second kappa shape index (κ2) is 4.62. The van der Waals surface area contributed by atoms with Gasteiger partial charge in [0.05, 0.1) is 16.8 Å². The Balaban J connectivity index is 2.73. The minimum Gasteiger partial charge on any atom is -0.397 e. The molecule has 0 spiro atoms. The zero-order valence-electron chi connectivity index (χ0n) is 10.4. The Labute approximate surface area is 105 Å². The highest BCUT2D eigenvalue weighted by molar-refractivity contribution is 6.06. The van der Waals surface area contributed by atoms with E-state index in [1.165, 1.54) is 6.20 Å². The summed E-state index contributed by atoms with van der Waals surface area (Å²) in [5.41, 5.74) is 10.7. The first-order chi connectivity index (χ1) is 8.56. The minimum absolute atomic E-state index is 0.297. The number of anilines is 1. The molecule has 5 heteroatoms. The van der Waals surface area contributed by atoms with Crippen molar-refractivity contribution in [3.05, 3.63) is 35.5 Å². The second-order valence-electron chi connectivity index (χ2n) is 4.46. The first kappa shape index (κ1) is 12.3. The molecule has 0 fully saturated rings. The maximum Gasteiger partial charge on any atom is 0.268 e. The summed E-state index contributed by atoms with van der Waals surface area (Å²) >= 11 is 0. The largest absolute Gasteiger partial charge is 0.397 e. The fourth-order valence-corrected chi connectivity index (χ4v) is 1.99. The molecule has 1 amide bonds. The normalized spacial score (nSPS) is 10.9. The Morgan fingerprint density at radius 3 is 2.72 bits per heavy atom. The van der Waals surface area contributed by atoms with Crippen molar-refractivity contribution >= 4 is 22.5 Å². The third-order valence-electron chi connectivity index (χ3n) is 2.97. The first-order valence-corrected chi connectivity index (χ1v) is 5.74. The van der Waals surface area contributed by atoms with E-state index in [1.807, 2.05) is 18.2 Å². The summed E-state index contributed by atoms with van der Waals surface area (Å²) in [5.74, 6) is 5.02. The molecule has 1 heterocycles. The molecule has 2 rings (SSSR count). The number of carbonyl (C=O) groups excluding carboxylic acids is 1. The molecule has 0 radical (unpaired) electrons. The average molecular weight is 244 g/mol. The van der Waals surface area contributed by atoms with E-state index in [2.05, 4.69) is 24.3 Å². The van der Waals surface area contributed by atoms with Gasteiger partial charge in [-0.1, -0.05) is 32.0 Å². The summed E-state index contributed by atoms with van der Waals surface area (Å²) in [7, 11) is 0. The molecule has 2 aromatic rings. The van der Waals surface area contributed by atoms with E-state index in [4.69, 9.17) is 11.6 Å². The number of hydrazine groups is 1. The van der Waals surface area contributed by atoms with E-state index in [0.717, 1.165) is 16.5 Å². The maximum atomic E-state index is 11.5. The van der Waals surface area contributed by atoms with Crippen LogP contribution in [0.3, 0.4) is 0 Å². The number of aromatic nitrogens is 1. The lowest BCUT2D eigenvalue weighted by Gasteiger charge is -2.12. The van der Waals surface area contributed by atoms with E-state index in [1.54, 1.807) is 0 Å². The van der Waals surface area contributed by atoms with Crippen molar-refractivity contribution < 1.29 is 4.79 Å². The van der Waals surface area contributed by atoms with Crippen molar-refractivity contribution in [2.75, 3.05) is 5.73 Å². The van der Waals surface area contributed by atoms with Crippen LogP contribution in [0.1, 0.15) is 35.7 Å². The van der Waals surface area contributed by atoms with Gasteiger partial charge in [0, 0.05) is 11.6 Å². The molecule has 0 aliphatic carbocycles. The van der Waals surface area contributed by atoms with Gasteiger partial charge < -0.3 is 5.73 Å². The summed E-state index contributed by atoms with van der Waals surface area (Å²) in [6, 6.07) is 5.79. The van der Waals surface area contributed by atoms with Crippen LogP contribution in [0.4, 0.5) is 5.69 Å². The highest BCUT2D eigenvalue weighted by atomic mass is 16.2. The summed E-state index contributed by atoms with van der Waals surface area (Å²) in [4.78, 5) is 15.9. The fourth-order valence-electron chi connectivity index (χ4n) is 1.99. The molecule has 0 aliphatic heterocycles. The molecule has 94 valence electrons. The first-order valence-electron chi connectivity index (χ1n) is 5.74. The molecule has 18 heavy (non-hydrogen) atoms. The van der Waals surface area contributed by atoms with Crippen LogP contribution in [0.15, 0.2) is 24.4 Å². The van der Waals surface area contributed by atoms with Gasteiger partial charge in [-0.2, -0.15) is 0 Å². The number of hydrogen-bond donors (Lipinski definition) is 3. The summed E-state index contributed by atoms with van der Waals surface area (Å²) in [6.45, 7) is 4.18. The van der Waals surface area contributed by atoms with E-state index in [0.29, 0.717) is 17.2 Å². The average Bonchev–Trinajstić information content (AvgIpc) is 2.37. The van der Waals surface area contributed by atoms with E-state index in [-0.39, 0.29) is 0 Å². The van der Waals surface area contributed by atoms with Gasteiger partial charge in [0.15, 0.2) is 0 Å². The molecule has 0 atom stereocenters. The Kier molecular flexibility index (Phi) is 3.16. The lowest BCUT2D eigenvalue weighted by molar-refractivity contribution is 0.0954. The number of benzene rings is 1. The number of nitrogens with two attached hydrogens (primary N) is 2. The number of carbonyl (C=O) groups is 1. The molecule has 0 bridgehead atoms. The molecule has 0 aliphatic rings. The van der Waals surface area contributed by atoms with Crippen LogP contribution in [0, 0.1) is 0 Å². The molecular weight excluding hydrogens is 228 g/mol. The molecule has 1 aromatic carbocycles. The Morgan fingerprint density at radius 2 is 2.11 bits per heavy atom. The van der Waals surface area contributed by atoms with Crippen LogP contribution in [-0.2, 0) is 0 Å². The standard InChI is InChI=1S/C13H16N4O/c1-7(2)8-4-3-5-9-11(14)10(13(18)17-15)6-16-12(8)9/h3-7H,15H2,1-2H3,(H2,14,16)(H,17,18). The number of amides is 1. The minimum atomic E-state index is -0.433. The highest BCUT2D eigenvalue weighted by Gasteiger charge is 2.14. The van der Waals surface area contributed by atoms with Crippen LogP contribution in [0.25, 0.3) is 10.9 Å². The zero-order chi connectivity index (χ0) is 13.3. The summed E-state index contributed by atoms with van der Waals surface area (Å²) in [5, 5.41) is 0.780. The number of nitrogens with one attached hydrogen (secondary N) is 1. The molecule has 0 unspecified atom stereocenters. The number of fused-ring (bicyclic) bond motifs is 1. The number of nitrogen functional groups attached to an aromatic ring is 2. The van der Waals surface area contributed by atoms with E-state index in [9.17, 15) is 4.79 Å². The van der Waals surface area contributed by atoms with Gasteiger partial charge in [0.2, 0.25) is 0 Å². The summed E-state index contributed by atoms with van der Waals surface area (Å²) < 4.78 is 0. The van der Waals surface area contributed by atoms with Crippen LogP contribution >= 0.6 is 0 Å². The predicted molar refractivity (Wildman–Crippen MR) is 71.9 cm³/mol. The van der Waals surface area contributed by atoms with Crippen molar-refractivity contribution in [3.63, 3.8) is 0 Å². The molecule has 1 aromatic heterocycles. The van der Waals surface area contributed by atoms with E-state index >= 15 is 0 Å². The monoisotopic (exact) mass is 244 g/mol. The summed E-state index contributed by atoms with van der Waals surface area (Å²) in [6.07, 6.45) is 1.46. The Bertz CT molecular complexity index is 607. The molecule has 0 saturated carbocycles. The van der Waals surface area contributed by atoms with Crippen LogP contribution in [0.5, 0.6) is 0 Å². The van der Waals surface area contributed by atoms with Gasteiger partial charge in [-0.15, -0.1) is 0 Å². The van der Waals surface area contributed by atoms with Gasteiger partial charge in [-0.3, -0.25) is 15.2 Å². The third kappa shape index (κ3) is 1.89. The predicted octanol–water partition coefficient (Wildman–Crippen LogP) is 1.54. The molecule has 0 saturated heterocycles. The van der Waals surface area contributed by atoms with Crippen molar-refractivity contribution in [3.8, 4) is 0 Å². The van der Waals surface area contributed by atoms with Gasteiger partial charge >= 0.3 is 0 Å². The van der Waals surface area contributed by atoms with Gasteiger partial charge in [0.1, 0.15) is 0 Å². The maximum absolute atomic E-state index is 11.5. The number of nitrogens with zero attached hydrogens (tertiary/aromatic N) is 1. The number of rotatable bonds is 2. The number of hydrogen-bond acceptors (Lipinski definition) is 4. The zero-order valence-corrected chi connectivity index (χ0v) is 10.4. The van der Waals surface area contributed by atoms with Crippen LogP contribution in [0.2, 0.25) is 0 Å².